The van der Waals surface area contributed by atoms with Crippen molar-refractivity contribution in [2.24, 2.45) is 5.92 Å². The Labute approximate surface area is 146 Å². The van der Waals surface area contributed by atoms with E-state index in [0.717, 1.165) is 12.8 Å². The predicted molar refractivity (Wildman–Crippen MR) is 90.6 cm³/mol. The number of sulfonamides is 1. The van der Waals surface area contributed by atoms with E-state index in [1.807, 2.05) is 13.8 Å². The van der Waals surface area contributed by atoms with Crippen molar-refractivity contribution in [2.75, 3.05) is 13.1 Å². The van der Waals surface area contributed by atoms with E-state index >= 15 is 0 Å². The van der Waals surface area contributed by atoms with Gasteiger partial charge in [-0.2, -0.15) is 9.29 Å². The lowest BCUT2D eigenvalue weighted by Gasteiger charge is -2.16. The molecular weight excluding hydrogens is 344 g/mol. The first-order chi connectivity index (χ1) is 11.9. The summed E-state index contributed by atoms with van der Waals surface area (Å²) in [7, 11) is -3.57. The minimum absolute atomic E-state index is 0.0732. The van der Waals surface area contributed by atoms with E-state index < -0.39 is 10.0 Å². The number of nitrogens with zero attached hydrogens (tertiary/aromatic N) is 4. The first-order valence-electron chi connectivity index (χ1n) is 8.38. The Bertz CT molecular complexity index is 895. The van der Waals surface area contributed by atoms with Crippen LogP contribution in [0.4, 0.5) is 0 Å². The third kappa shape index (κ3) is 3.98. The standard InChI is InChI=1S/C16H22N4O4S/c1-12(2)9-15-17-14(18-24-15)11-19-10-13(5-6-16(19)21)25(22,23)20-7-3-4-8-20/h5-6,10,12H,3-4,7-9,11H2,1-2H3. The maximum atomic E-state index is 12.6. The van der Waals surface area contributed by atoms with E-state index in [-0.39, 0.29) is 17.0 Å². The van der Waals surface area contributed by atoms with Gasteiger partial charge in [0, 0.05) is 31.8 Å². The molecule has 0 amide bonds. The molecule has 0 saturated carbocycles. The molecular formula is C16H22N4O4S. The molecule has 1 aliphatic heterocycles. The van der Waals surface area contributed by atoms with Crippen LogP contribution in [0, 0.1) is 5.92 Å². The molecule has 2 aromatic heterocycles. The predicted octanol–water partition coefficient (Wildman–Crippen LogP) is 1.26. The highest BCUT2D eigenvalue weighted by molar-refractivity contribution is 7.89. The molecule has 1 saturated heterocycles. The zero-order chi connectivity index (χ0) is 18.0. The van der Waals surface area contributed by atoms with Crippen molar-refractivity contribution in [2.45, 2.75) is 44.6 Å². The maximum Gasteiger partial charge on any atom is 0.251 e. The van der Waals surface area contributed by atoms with E-state index in [1.165, 1.54) is 27.2 Å². The molecule has 0 radical (unpaired) electrons. The van der Waals surface area contributed by atoms with Gasteiger partial charge >= 0.3 is 0 Å². The van der Waals surface area contributed by atoms with Crippen LogP contribution in [-0.2, 0) is 23.0 Å². The molecule has 1 fully saturated rings. The van der Waals surface area contributed by atoms with Crippen molar-refractivity contribution >= 4 is 10.0 Å². The van der Waals surface area contributed by atoms with E-state index in [2.05, 4.69) is 10.1 Å². The summed E-state index contributed by atoms with van der Waals surface area (Å²) in [6.07, 6.45) is 3.74. The Morgan fingerprint density at radius 3 is 2.64 bits per heavy atom. The second kappa shape index (κ2) is 7.09. The van der Waals surface area contributed by atoms with Crippen LogP contribution in [-0.4, -0.2) is 40.5 Å². The molecule has 9 heteroatoms. The molecule has 0 aromatic carbocycles. The van der Waals surface area contributed by atoms with Gasteiger partial charge in [0.2, 0.25) is 15.9 Å². The molecule has 1 aliphatic rings. The fraction of sp³-hybridized carbons (Fsp3) is 0.562. The van der Waals surface area contributed by atoms with Gasteiger partial charge in [-0.05, 0) is 24.8 Å². The zero-order valence-electron chi connectivity index (χ0n) is 14.4. The van der Waals surface area contributed by atoms with Gasteiger partial charge in [0.1, 0.15) is 0 Å². The van der Waals surface area contributed by atoms with Crippen LogP contribution < -0.4 is 5.56 Å². The van der Waals surface area contributed by atoms with Gasteiger partial charge in [0.05, 0.1) is 11.4 Å². The summed E-state index contributed by atoms with van der Waals surface area (Å²) < 4.78 is 33.2. The summed E-state index contributed by atoms with van der Waals surface area (Å²) in [6.45, 7) is 5.20. The third-order valence-corrected chi connectivity index (χ3v) is 5.95. The highest BCUT2D eigenvalue weighted by Crippen LogP contribution is 2.19. The molecule has 0 atom stereocenters. The summed E-state index contributed by atoms with van der Waals surface area (Å²) in [6, 6.07) is 2.62. The van der Waals surface area contributed by atoms with E-state index in [4.69, 9.17) is 4.52 Å². The van der Waals surface area contributed by atoms with Crippen molar-refractivity contribution < 1.29 is 12.9 Å². The Morgan fingerprint density at radius 2 is 1.96 bits per heavy atom. The summed E-state index contributed by atoms with van der Waals surface area (Å²) in [4.78, 5) is 16.4. The van der Waals surface area contributed by atoms with Crippen molar-refractivity contribution in [3.8, 4) is 0 Å². The normalized spacial score (nSPS) is 16.0. The number of rotatable bonds is 6. The lowest BCUT2D eigenvalue weighted by Crippen LogP contribution is -2.29. The molecule has 25 heavy (non-hydrogen) atoms. The number of hydrogen-bond donors (Lipinski definition) is 0. The van der Waals surface area contributed by atoms with Crippen molar-refractivity contribution in [3.63, 3.8) is 0 Å². The smallest absolute Gasteiger partial charge is 0.251 e. The highest BCUT2D eigenvalue weighted by Gasteiger charge is 2.27. The summed E-state index contributed by atoms with van der Waals surface area (Å²) in [5.74, 6) is 1.25. The lowest BCUT2D eigenvalue weighted by molar-refractivity contribution is 0.357. The van der Waals surface area contributed by atoms with Gasteiger partial charge < -0.3 is 9.09 Å². The van der Waals surface area contributed by atoms with Crippen LogP contribution in [0.2, 0.25) is 0 Å². The van der Waals surface area contributed by atoms with Crippen LogP contribution >= 0.6 is 0 Å². The fourth-order valence-electron chi connectivity index (χ4n) is 2.80. The van der Waals surface area contributed by atoms with Gasteiger partial charge in [-0.25, -0.2) is 8.42 Å². The molecule has 0 spiro atoms. The summed E-state index contributed by atoms with van der Waals surface area (Å²) >= 11 is 0. The SMILES string of the molecule is CC(C)Cc1nc(Cn2cc(S(=O)(=O)N3CCCC3)ccc2=O)no1. The Hall–Kier alpha value is -2.00. The van der Waals surface area contributed by atoms with E-state index in [9.17, 15) is 13.2 Å². The van der Waals surface area contributed by atoms with Crippen LogP contribution in [0.1, 0.15) is 38.4 Å². The Kier molecular flexibility index (Phi) is 5.05. The second-order valence-corrected chi connectivity index (χ2v) is 8.58. The third-order valence-electron chi connectivity index (χ3n) is 4.06. The molecule has 3 heterocycles. The monoisotopic (exact) mass is 366 g/mol. The average Bonchev–Trinajstić information content (AvgIpc) is 3.21. The van der Waals surface area contributed by atoms with Crippen LogP contribution in [0.3, 0.4) is 0 Å². The molecule has 2 aromatic rings. The first-order valence-corrected chi connectivity index (χ1v) is 9.82. The second-order valence-electron chi connectivity index (χ2n) is 6.64. The van der Waals surface area contributed by atoms with E-state index in [1.54, 1.807) is 0 Å². The summed E-state index contributed by atoms with van der Waals surface area (Å²) in [5, 5.41) is 3.87. The largest absolute Gasteiger partial charge is 0.339 e. The van der Waals surface area contributed by atoms with Crippen molar-refractivity contribution in [3.05, 3.63) is 40.4 Å². The highest BCUT2D eigenvalue weighted by atomic mass is 32.2. The van der Waals surface area contributed by atoms with Gasteiger partial charge in [-0.3, -0.25) is 4.79 Å². The molecule has 0 aliphatic carbocycles. The molecule has 8 nitrogen and oxygen atoms in total. The molecule has 136 valence electrons. The van der Waals surface area contributed by atoms with Crippen LogP contribution in [0.25, 0.3) is 0 Å². The Balaban J connectivity index is 1.85. The Morgan fingerprint density at radius 1 is 1.24 bits per heavy atom. The molecule has 0 unspecified atom stereocenters. The van der Waals surface area contributed by atoms with E-state index in [0.29, 0.717) is 37.1 Å². The first kappa shape index (κ1) is 17.8. The number of pyridine rings is 1. The van der Waals surface area contributed by atoms with Gasteiger partial charge in [-0.15, -0.1) is 0 Å². The number of aromatic nitrogens is 3. The molecule has 3 rings (SSSR count). The maximum absolute atomic E-state index is 12.6. The van der Waals surface area contributed by atoms with Crippen molar-refractivity contribution in [1.82, 2.24) is 19.0 Å². The van der Waals surface area contributed by atoms with Crippen LogP contribution in [0.5, 0.6) is 0 Å². The fourth-order valence-corrected chi connectivity index (χ4v) is 4.34. The van der Waals surface area contributed by atoms with Gasteiger partial charge in [-0.1, -0.05) is 19.0 Å². The van der Waals surface area contributed by atoms with Crippen LogP contribution in [0.15, 0.2) is 32.5 Å². The van der Waals surface area contributed by atoms with Crippen molar-refractivity contribution in [1.29, 1.82) is 0 Å². The zero-order valence-corrected chi connectivity index (χ0v) is 15.2. The minimum atomic E-state index is -3.57. The number of hydrogen-bond acceptors (Lipinski definition) is 6. The minimum Gasteiger partial charge on any atom is -0.339 e. The topological polar surface area (TPSA) is 98.3 Å². The summed E-state index contributed by atoms with van der Waals surface area (Å²) in [5.41, 5.74) is -0.310. The quantitative estimate of drug-likeness (QED) is 0.763. The molecule has 0 N–H and O–H groups in total. The van der Waals surface area contributed by atoms with Gasteiger partial charge in [0.25, 0.3) is 5.56 Å². The van der Waals surface area contributed by atoms with Gasteiger partial charge in [0.15, 0.2) is 5.82 Å². The lowest BCUT2D eigenvalue weighted by atomic mass is 10.1. The molecule has 0 bridgehead atoms. The average molecular weight is 366 g/mol.